The van der Waals surface area contributed by atoms with Gasteiger partial charge in [0.05, 0.1) is 6.54 Å². The van der Waals surface area contributed by atoms with Gasteiger partial charge in [-0.3, -0.25) is 4.90 Å². The summed E-state index contributed by atoms with van der Waals surface area (Å²) in [6, 6.07) is 1.85. The van der Waals surface area contributed by atoms with E-state index >= 15 is 0 Å². The molecular formula is C13H21N3S. The maximum Gasteiger partial charge on any atom is 0.107 e. The molecule has 2 saturated heterocycles. The number of hydrogen-bond donors (Lipinski definition) is 1. The lowest BCUT2D eigenvalue weighted by atomic mass is 9.82. The monoisotopic (exact) mass is 251 g/mol. The Bertz CT molecular complexity index is 376. The maximum atomic E-state index is 6.15. The van der Waals surface area contributed by atoms with Crippen molar-refractivity contribution in [3.8, 4) is 0 Å². The molecule has 2 aliphatic rings. The molecule has 0 radical (unpaired) electrons. The first-order valence-electron chi connectivity index (χ1n) is 6.65. The molecule has 0 aromatic carbocycles. The summed E-state index contributed by atoms with van der Waals surface area (Å²) >= 11 is 1.84. The molecule has 0 aliphatic carbocycles. The van der Waals surface area contributed by atoms with Crippen molar-refractivity contribution >= 4 is 11.3 Å². The van der Waals surface area contributed by atoms with Crippen LogP contribution in [-0.4, -0.2) is 28.0 Å². The molecule has 4 heteroatoms. The van der Waals surface area contributed by atoms with E-state index in [1.807, 2.05) is 17.5 Å². The molecule has 2 bridgehead atoms. The minimum Gasteiger partial charge on any atom is -0.328 e. The second-order valence-electron chi connectivity index (χ2n) is 5.51. The van der Waals surface area contributed by atoms with Gasteiger partial charge < -0.3 is 5.73 Å². The quantitative estimate of drug-likeness (QED) is 0.877. The molecule has 0 saturated carbocycles. The molecule has 1 aromatic rings. The van der Waals surface area contributed by atoms with E-state index in [0.29, 0.717) is 18.1 Å². The lowest BCUT2D eigenvalue weighted by molar-refractivity contribution is 0.0244. The highest BCUT2D eigenvalue weighted by atomic mass is 32.1. The zero-order chi connectivity index (χ0) is 11.8. The van der Waals surface area contributed by atoms with Crippen LogP contribution in [0.3, 0.4) is 0 Å². The molecule has 2 fully saturated rings. The molecule has 3 nitrogen and oxygen atoms in total. The standard InChI is InChI=1S/C13H21N3S/c1-9-7-15-13(17-9)8-16-11-3-2-4-12(16)6-10(14)5-11/h7,10-12H,2-6,8,14H2,1H3. The van der Waals surface area contributed by atoms with Crippen LogP contribution in [0.25, 0.3) is 0 Å². The Labute approximate surface area is 107 Å². The fraction of sp³-hybridized carbons (Fsp3) is 0.769. The van der Waals surface area contributed by atoms with Crippen molar-refractivity contribution in [2.24, 2.45) is 5.73 Å². The minimum atomic E-state index is 0.430. The predicted molar refractivity (Wildman–Crippen MR) is 71.0 cm³/mol. The van der Waals surface area contributed by atoms with Gasteiger partial charge in [0.25, 0.3) is 0 Å². The zero-order valence-corrected chi connectivity index (χ0v) is 11.2. The summed E-state index contributed by atoms with van der Waals surface area (Å²) in [5, 5.41) is 1.27. The Balaban J connectivity index is 1.73. The van der Waals surface area contributed by atoms with Gasteiger partial charge in [0.1, 0.15) is 5.01 Å². The Morgan fingerprint density at radius 1 is 1.41 bits per heavy atom. The van der Waals surface area contributed by atoms with E-state index in [4.69, 9.17) is 5.73 Å². The molecule has 3 rings (SSSR count). The van der Waals surface area contributed by atoms with E-state index in [2.05, 4.69) is 16.8 Å². The number of fused-ring (bicyclic) bond motifs is 2. The topological polar surface area (TPSA) is 42.2 Å². The zero-order valence-electron chi connectivity index (χ0n) is 10.4. The van der Waals surface area contributed by atoms with Gasteiger partial charge in [-0.1, -0.05) is 6.42 Å². The van der Waals surface area contributed by atoms with E-state index in [0.717, 1.165) is 6.54 Å². The smallest absolute Gasteiger partial charge is 0.107 e. The van der Waals surface area contributed by atoms with Crippen molar-refractivity contribution in [2.75, 3.05) is 0 Å². The molecule has 2 N–H and O–H groups in total. The Morgan fingerprint density at radius 3 is 2.71 bits per heavy atom. The number of thiazole rings is 1. The molecule has 17 heavy (non-hydrogen) atoms. The van der Waals surface area contributed by atoms with Crippen LogP contribution in [0.4, 0.5) is 0 Å². The van der Waals surface area contributed by atoms with Crippen LogP contribution in [0.2, 0.25) is 0 Å². The number of nitrogens with two attached hydrogens (primary N) is 1. The first-order chi connectivity index (χ1) is 8.22. The first-order valence-corrected chi connectivity index (χ1v) is 7.46. The number of aromatic nitrogens is 1. The Morgan fingerprint density at radius 2 is 2.12 bits per heavy atom. The minimum absolute atomic E-state index is 0.430. The maximum absolute atomic E-state index is 6.15. The summed E-state index contributed by atoms with van der Waals surface area (Å²) in [4.78, 5) is 8.49. The normalized spacial score (nSPS) is 33.9. The summed E-state index contributed by atoms with van der Waals surface area (Å²) in [5.74, 6) is 0. The van der Waals surface area contributed by atoms with Crippen LogP contribution < -0.4 is 5.73 Å². The van der Waals surface area contributed by atoms with Crippen LogP contribution in [0.15, 0.2) is 6.20 Å². The fourth-order valence-electron chi connectivity index (χ4n) is 3.41. The van der Waals surface area contributed by atoms with Crippen molar-refractivity contribution in [3.63, 3.8) is 0 Å². The molecule has 2 aliphatic heterocycles. The number of rotatable bonds is 2. The predicted octanol–water partition coefficient (Wildman–Crippen LogP) is 2.30. The Hall–Kier alpha value is -0.450. The van der Waals surface area contributed by atoms with Gasteiger partial charge >= 0.3 is 0 Å². The highest BCUT2D eigenvalue weighted by Crippen LogP contribution is 2.34. The van der Waals surface area contributed by atoms with Gasteiger partial charge in [0.15, 0.2) is 0 Å². The van der Waals surface area contributed by atoms with Crippen LogP contribution in [0.1, 0.15) is 42.0 Å². The highest BCUT2D eigenvalue weighted by Gasteiger charge is 2.37. The van der Waals surface area contributed by atoms with Crippen molar-refractivity contribution in [3.05, 3.63) is 16.1 Å². The first kappa shape index (κ1) is 11.6. The summed E-state index contributed by atoms with van der Waals surface area (Å²) in [7, 11) is 0. The lowest BCUT2D eigenvalue weighted by Crippen LogP contribution is -2.54. The third-order valence-electron chi connectivity index (χ3n) is 4.15. The summed E-state index contributed by atoms with van der Waals surface area (Å²) in [6.07, 6.45) is 8.39. The van der Waals surface area contributed by atoms with Crippen LogP contribution in [0, 0.1) is 6.92 Å². The number of aryl methyl sites for hydroxylation is 1. The number of piperidine rings is 2. The molecule has 3 heterocycles. The van der Waals surface area contributed by atoms with Gasteiger partial charge in [0.2, 0.25) is 0 Å². The van der Waals surface area contributed by atoms with Crippen molar-refractivity contribution in [2.45, 2.75) is 63.7 Å². The van der Waals surface area contributed by atoms with Gasteiger partial charge in [-0.15, -0.1) is 11.3 Å². The molecule has 2 atom stereocenters. The summed E-state index contributed by atoms with van der Waals surface area (Å²) in [6.45, 7) is 3.18. The van der Waals surface area contributed by atoms with Crippen LogP contribution in [-0.2, 0) is 6.54 Å². The average molecular weight is 251 g/mol. The number of hydrogen-bond acceptors (Lipinski definition) is 4. The van der Waals surface area contributed by atoms with Crippen molar-refractivity contribution in [1.29, 1.82) is 0 Å². The number of nitrogens with zero attached hydrogens (tertiary/aromatic N) is 2. The van der Waals surface area contributed by atoms with Gasteiger partial charge in [-0.2, -0.15) is 0 Å². The molecular weight excluding hydrogens is 230 g/mol. The second-order valence-corrected chi connectivity index (χ2v) is 6.83. The van der Waals surface area contributed by atoms with E-state index in [1.165, 1.54) is 42.0 Å². The SMILES string of the molecule is Cc1cnc(CN2C3CCCC2CC(N)C3)s1. The van der Waals surface area contributed by atoms with Crippen molar-refractivity contribution in [1.82, 2.24) is 9.88 Å². The Kier molecular flexibility index (Phi) is 3.19. The summed E-state index contributed by atoms with van der Waals surface area (Å²) in [5.41, 5.74) is 6.15. The van der Waals surface area contributed by atoms with Crippen LogP contribution >= 0.6 is 11.3 Å². The second kappa shape index (κ2) is 4.67. The highest BCUT2D eigenvalue weighted by molar-refractivity contribution is 7.11. The fourth-order valence-corrected chi connectivity index (χ4v) is 4.21. The third-order valence-corrected chi connectivity index (χ3v) is 5.05. The summed E-state index contributed by atoms with van der Waals surface area (Å²) < 4.78 is 0. The molecule has 94 valence electrons. The van der Waals surface area contributed by atoms with E-state index in [-0.39, 0.29) is 0 Å². The van der Waals surface area contributed by atoms with Crippen molar-refractivity contribution < 1.29 is 0 Å². The van der Waals surface area contributed by atoms with E-state index in [9.17, 15) is 0 Å². The van der Waals surface area contributed by atoms with Crippen LogP contribution in [0.5, 0.6) is 0 Å². The average Bonchev–Trinajstić information content (AvgIpc) is 2.65. The van der Waals surface area contributed by atoms with E-state index < -0.39 is 0 Å². The third kappa shape index (κ3) is 2.39. The molecule has 0 spiro atoms. The van der Waals surface area contributed by atoms with Gasteiger partial charge in [0, 0.05) is 29.2 Å². The molecule has 1 aromatic heterocycles. The lowest BCUT2D eigenvalue weighted by Gasteiger charge is -2.47. The van der Waals surface area contributed by atoms with Gasteiger partial charge in [-0.25, -0.2) is 4.98 Å². The molecule has 0 amide bonds. The largest absolute Gasteiger partial charge is 0.328 e. The molecule has 2 unspecified atom stereocenters. The van der Waals surface area contributed by atoms with E-state index in [1.54, 1.807) is 0 Å². The van der Waals surface area contributed by atoms with Gasteiger partial charge in [-0.05, 0) is 32.6 Å².